The van der Waals surface area contributed by atoms with Crippen LogP contribution < -0.4 is 0 Å². The summed E-state index contributed by atoms with van der Waals surface area (Å²) in [5.74, 6) is -3.32. The minimum absolute atomic E-state index is 0.00613. The van der Waals surface area contributed by atoms with Gasteiger partial charge in [-0.15, -0.1) is 0 Å². The number of hydrogen-bond acceptors (Lipinski definition) is 9. The molecule has 0 N–H and O–H groups in total. The summed E-state index contributed by atoms with van der Waals surface area (Å²) < 4.78 is 15.9. The second kappa shape index (κ2) is 14.2. The lowest BCUT2D eigenvalue weighted by molar-refractivity contribution is -0.165. The van der Waals surface area contributed by atoms with E-state index in [1.54, 1.807) is 0 Å². The van der Waals surface area contributed by atoms with Crippen LogP contribution in [-0.2, 0) is 44.6 Å². The van der Waals surface area contributed by atoms with Gasteiger partial charge in [0.25, 0.3) is 5.91 Å². The molecular formula is C33H37NO9. The topological polar surface area (TPSA) is 133 Å². The molecule has 1 saturated heterocycles. The molecule has 1 heterocycles. The standard InChI is InChI=1S/C33H37NO9/c1-33(2,21-41-32(40)43-28-25(35)17-18-26(28)36)29(37)30(38)34-20-10-9-15-24(34)31(39)42-27(23-13-7-4-8-14-23)19-16-22-11-5-3-6-12-22/h3-8,11-14,24,27-28H,9-10,15-21H2,1-2H3/t24-,27?/m0/s1. The molecule has 1 aliphatic carbocycles. The van der Waals surface area contributed by atoms with Gasteiger partial charge in [-0.25, -0.2) is 9.59 Å². The first kappa shape index (κ1) is 31.6. The van der Waals surface area contributed by atoms with Crippen LogP contribution in [0.3, 0.4) is 0 Å². The highest BCUT2D eigenvalue weighted by atomic mass is 16.7. The molecule has 2 fully saturated rings. The smallest absolute Gasteiger partial charge is 0.456 e. The van der Waals surface area contributed by atoms with Crippen molar-refractivity contribution in [3.8, 4) is 0 Å². The number of piperidine rings is 1. The Morgan fingerprint density at radius 2 is 1.53 bits per heavy atom. The van der Waals surface area contributed by atoms with Crippen molar-refractivity contribution in [2.75, 3.05) is 13.2 Å². The maximum atomic E-state index is 13.5. The molecule has 2 atom stereocenters. The molecule has 228 valence electrons. The minimum Gasteiger partial charge on any atom is -0.456 e. The summed E-state index contributed by atoms with van der Waals surface area (Å²) in [4.78, 5) is 77.1. The summed E-state index contributed by atoms with van der Waals surface area (Å²) in [6, 6.07) is 18.3. The summed E-state index contributed by atoms with van der Waals surface area (Å²) in [6.07, 6.45) is -0.453. The Kier molecular flexibility index (Phi) is 10.4. The van der Waals surface area contributed by atoms with Gasteiger partial charge in [0.15, 0.2) is 11.6 Å². The number of carbonyl (C=O) groups excluding carboxylic acids is 6. The fraction of sp³-hybridized carbons (Fsp3) is 0.455. The molecule has 0 spiro atoms. The average molecular weight is 592 g/mol. The molecule has 2 aromatic rings. The molecule has 2 aliphatic rings. The van der Waals surface area contributed by atoms with Gasteiger partial charge < -0.3 is 19.1 Å². The lowest BCUT2D eigenvalue weighted by Gasteiger charge is -2.36. The number of carbonyl (C=O) groups is 6. The highest BCUT2D eigenvalue weighted by Gasteiger charge is 2.43. The Morgan fingerprint density at radius 3 is 2.19 bits per heavy atom. The first-order valence-corrected chi connectivity index (χ1v) is 14.6. The number of Topliss-reactive ketones (excluding diaryl/α,β-unsaturated/α-hetero) is 3. The highest BCUT2D eigenvalue weighted by Crippen LogP contribution is 2.28. The first-order chi connectivity index (χ1) is 20.6. The molecule has 0 bridgehead atoms. The van der Waals surface area contributed by atoms with Crippen molar-refractivity contribution in [1.82, 2.24) is 4.90 Å². The fourth-order valence-corrected chi connectivity index (χ4v) is 5.22. The third-order valence-corrected chi connectivity index (χ3v) is 7.78. The maximum absolute atomic E-state index is 13.5. The largest absolute Gasteiger partial charge is 0.509 e. The first-order valence-electron chi connectivity index (χ1n) is 14.6. The number of likely N-dealkylation sites (tertiary alicyclic amines) is 1. The van der Waals surface area contributed by atoms with Gasteiger partial charge in [-0.2, -0.15) is 0 Å². The van der Waals surface area contributed by atoms with Gasteiger partial charge in [-0.3, -0.25) is 19.2 Å². The summed E-state index contributed by atoms with van der Waals surface area (Å²) in [7, 11) is 0. The van der Waals surface area contributed by atoms with Gasteiger partial charge in [0, 0.05) is 19.4 Å². The van der Waals surface area contributed by atoms with Crippen molar-refractivity contribution >= 4 is 35.4 Å². The van der Waals surface area contributed by atoms with Gasteiger partial charge in [-0.05, 0) is 57.1 Å². The number of hydrogen-bond donors (Lipinski definition) is 0. The van der Waals surface area contributed by atoms with Crippen molar-refractivity contribution in [3.63, 3.8) is 0 Å². The van der Waals surface area contributed by atoms with Gasteiger partial charge in [-0.1, -0.05) is 60.7 Å². The Balaban J connectivity index is 1.40. The van der Waals surface area contributed by atoms with E-state index in [1.165, 1.54) is 18.7 Å². The average Bonchev–Trinajstić information content (AvgIpc) is 3.34. The van der Waals surface area contributed by atoms with Crippen molar-refractivity contribution in [2.45, 2.75) is 77.0 Å². The summed E-state index contributed by atoms with van der Waals surface area (Å²) in [5, 5.41) is 0. The quantitative estimate of drug-likeness (QED) is 0.213. The fourth-order valence-electron chi connectivity index (χ4n) is 5.22. The molecule has 0 radical (unpaired) electrons. The molecule has 1 unspecified atom stereocenters. The van der Waals surface area contributed by atoms with Crippen LogP contribution >= 0.6 is 0 Å². The van der Waals surface area contributed by atoms with E-state index in [4.69, 9.17) is 14.2 Å². The van der Waals surface area contributed by atoms with Crippen molar-refractivity contribution in [1.29, 1.82) is 0 Å². The third-order valence-electron chi connectivity index (χ3n) is 7.78. The van der Waals surface area contributed by atoms with Gasteiger partial charge in [0.2, 0.25) is 11.9 Å². The van der Waals surface area contributed by atoms with E-state index in [0.29, 0.717) is 32.1 Å². The summed E-state index contributed by atoms with van der Waals surface area (Å²) in [5.41, 5.74) is 0.477. The Bertz CT molecular complexity index is 1320. The van der Waals surface area contributed by atoms with Crippen LogP contribution in [0, 0.1) is 5.41 Å². The zero-order chi connectivity index (χ0) is 31.0. The van der Waals surface area contributed by atoms with Gasteiger partial charge in [0.05, 0.1) is 5.41 Å². The summed E-state index contributed by atoms with van der Waals surface area (Å²) >= 11 is 0. The number of aryl methyl sites for hydroxylation is 1. The zero-order valence-corrected chi connectivity index (χ0v) is 24.5. The molecule has 10 heteroatoms. The molecule has 1 aliphatic heterocycles. The van der Waals surface area contributed by atoms with Crippen LogP contribution in [0.4, 0.5) is 4.79 Å². The van der Waals surface area contributed by atoms with Crippen LogP contribution in [0.15, 0.2) is 60.7 Å². The van der Waals surface area contributed by atoms with E-state index in [9.17, 15) is 28.8 Å². The predicted octanol–water partition coefficient (Wildman–Crippen LogP) is 4.33. The normalized spacial score (nSPS) is 18.2. The molecule has 10 nitrogen and oxygen atoms in total. The van der Waals surface area contributed by atoms with E-state index in [-0.39, 0.29) is 19.4 Å². The number of benzene rings is 2. The van der Waals surface area contributed by atoms with E-state index in [0.717, 1.165) is 11.1 Å². The molecule has 0 aromatic heterocycles. The minimum atomic E-state index is -1.50. The van der Waals surface area contributed by atoms with E-state index in [1.807, 2.05) is 60.7 Å². The van der Waals surface area contributed by atoms with Crippen molar-refractivity contribution in [3.05, 3.63) is 71.8 Å². The SMILES string of the molecule is CC(C)(COC(=O)OC1C(=O)CCC1=O)C(=O)C(=O)N1CCCC[C@H]1C(=O)OC(CCc1ccccc1)c1ccccc1. The van der Waals surface area contributed by atoms with Crippen LogP contribution in [0.2, 0.25) is 0 Å². The molecule has 1 amide bonds. The van der Waals surface area contributed by atoms with E-state index in [2.05, 4.69) is 0 Å². The predicted molar refractivity (Wildman–Crippen MR) is 154 cm³/mol. The van der Waals surface area contributed by atoms with E-state index < -0.39 is 65.7 Å². The third kappa shape index (κ3) is 8.15. The highest BCUT2D eigenvalue weighted by molar-refractivity contribution is 6.38. The lowest BCUT2D eigenvalue weighted by Crippen LogP contribution is -2.53. The summed E-state index contributed by atoms with van der Waals surface area (Å²) in [6.45, 7) is 2.54. The number of rotatable bonds is 11. The van der Waals surface area contributed by atoms with Crippen LogP contribution in [-0.4, -0.2) is 65.6 Å². The monoisotopic (exact) mass is 591 g/mol. The molecular weight excluding hydrogens is 554 g/mol. The van der Waals surface area contributed by atoms with Crippen LogP contribution in [0.1, 0.15) is 69.6 Å². The number of ether oxygens (including phenoxy) is 3. The van der Waals surface area contributed by atoms with Gasteiger partial charge in [0.1, 0.15) is 18.8 Å². The van der Waals surface area contributed by atoms with Gasteiger partial charge >= 0.3 is 12.1 Å². The van der Waals surface area contributed by atoms with Crippen molar-refractivity contribution < 1.29 is 43.0 Å². The Morgan fingerprint density at radius 1 is 0.907 bits per heavy atom. The number of ketones is 3. The number of esters is 1. The molecule has 2 aromatic carbocycles. The molecule has 4 rings (SSSR count). The Labute approximate surface area is 250 Å². The zero-order valence-electron chi connectivity index (χ0n) is 24.5. The maximum Gasteiger partial charge on any atom is 0.509 e. The lowest BCUT2D eigenvalue weighted by atomic mass is 9.87. The van der Waals surface area contributed by atoms with Crippen LogP contribution in [0.5, 0.6) is 0 Å². The second-order valence-electron chi connectivity index (χ2n) is 11.6. The number of amides is 1. The Hall–Kier alpha value is -4.34. The van der Waals surface area contributed by atoms with Crippen LogP contribution in [0.25, 0.3) is 0 Å². The number of nitrogens with zero attached hydrogens (tertiary/aromatic N) is 1. The van der Waals surface area contributed by atoms with E-state index >= 15 is 0 Å². The molecule has 43 heavy (non-hydrogen) atoms. The second-order valence-corrected chi connectivity index (χ2v) is 11.6. The van der Waals surface area contributed by atoms with Crippen molar-refractivity contribution in [2.24, 2.45) is 5.41 Å². The molecule has 1 saturated carbocycles.